The van der Waals surface area contributed by atoms with Crippen LogP contribution < -0.4 is 15.8 Å². The summed E-state index contributed by atoms with van der Waals surface area (Å²) < 4.78 is 18.6. The first-order valence-electron chi connectivity index (χ1n) is 6.78. The van der Waals surface area contributed by atoms with Crippen LogP contribution in [0.4, 0.5) is 4.39 Å². The number of halogens is 1. The summed E-state index contributed by atoms with van der Waals surface area (Å²) in [7, 11) is 0. The number of nitrogens with two attached hydrogens (primary N) is 1. The average molecular weight is 282 g/mol. The maximum Gasteiger partial charge on any atom is 0.258 e. The molecule has 1 aromatic carbocycles. The molecule has 0 radical (unpaired) electrons. The van der Waals surface area contributed by atoms with Crippen LogP contribution in [0.1, 0.15) is 39.3 Å². The van der Waals surface area contributed by atoms with Gasteiger partial charge < -0.3 is 15.8 Å². The van der Waals surface area contributed by atoms with E-state index in [0.717, 1.165) is 0 Å². The summed E-state index contributed by atoms with van der Waals surface area (Å²) in [5, 5.41) is 2.84. The molecule has 0 aliphatic carbocycles. The maximum atomic E-state index is 13.2. The molecule has 0 spiro atoms. The van der Waals surface area contributed by atoms with E-state index in [2.05, 4.69) is 5.32 Å². The molecule has 1 aromatic rings. The Kier molecular flexibility index (Phi) is 5.95. The van der Waals surface area contributed by atoms with Crippen LogP contribution in [0, 0.1) is 11.7 Å². The van der Waals surface area contributed by atoms with Crippen molar-refractivity contribution in [2.75, 3.05) is 6.61 Å². The largest absolute Gasteiger partial charge is 0.483 e. The Morgan fingerprint density at radius 2 is 2.00 bits per heavy atom. The number of amides is 1. The second kappa shape index (κ2) is 7.24. The van der Waals surface area contributed by atoms with Gasteiger partial charge in [0, 0.05) is 17.6 Å². The first-order chi connectivity index (χ1) is 9.31. The Hall–Kier alpha value is -1.62. The molecular weight excluding hydrogens is 259 g/mol. The molecule has 0 heterocycles. The lowest BCUT2D eigenvalue weighted by molar-refractivity contribution is -0.124. The Labute approximate surface area is 119 Å². The Morgan fingerprint density at radius 1 is 1.35 bits per heavy atom. The molecule has 0 aliphatic rings. The standard InChI is InChI=1S/C15H23FN2O2/c1-9(2)11(4)18-15(19)8-20-14-6-5-12(16)7-13(14)10(3)17/h5-7,9-11H,8,17H2,1-4H3,(H,18,19)/t10-,11?/m0/s1. The molecule has 1 rings (SSSR count). The van der Waals surface area contributed by atoms with Gasteiger partial charge in [-0.2, -0.15) is 0 Å². The van der Waals surface area contributed by atoms with Gasteiger partial charge in [0.25, 0.3) is 5.91 Å². The highest BCUT2D eigenvalue weighted by Crippen LogP contribution is 2.24. The van der Waals surface area contributed by atoms with E-state index in [1.54, 1.807) is 6.92 Å². The van der Waals surface area contributed by atoms with Crippen molar-refractivity contribution in [2.45, 2.75) is 39.8 Å². The van der Waals surface area contributed by atoms with Crippen molar-refractivity contribution in [3.8, 4) is 5.75 Å². The zero-order chi connectivity index (χ0) is 15.3. The molecule has 0 aromatic heterocycles. The molecule has 0 bridgehead atoms. The summed E-state index contributed by atoms with van der Waals surface area (Å²) in [5.74, 6) is 0.215. The third-order valence-corrected chi connectivity index (χ3v) is 3.21. The van der Waals surface area contributed by atoms with Crippen molar-refractivity contribution >= 4 is 5.91 Å². The summed E-state index contributed by atoms with van der Waals surface area (Å²) in [5.41, 5.74) is 6.31. The highest BCUT2D eigenvalue weighted by molar-refractivity contribution is 5.77. The number of nitrogens with one attached hydrogen (secondary N) is 1. The summed E-state index contributed by atoms with van der Waals surface area (Å²) in [6, 6.07) is 3.82. The average Bonchev–Trinajstić information content (AvgIpc) is 2.36. The van der Waals surface area contributed by atoms with E-state index in [4.69, 9.17) is 10.5 Å². The predicted molar refractivity (Wildman–Crippen MR) is 76.9 cm³/mol. The first-order valence-corrected chi connectivity index (χ1v) is 6.78. The van der Waals surface area contributed by atoms with Crippen molar-refractivity contribution in [1.29, 1.82) is 0 Å². The molecule has 4 nitrogen and oxygen atoms in total. The number of benzene rings is 1. The zero-order valence-electron chi connectivity index (χ0n) is 12.4. The van der Waals surface area contributed by atoms with Gasteiger partial charge in [0.05, 0.1) is 0 Å². The molecule has 112 valence electrons. The molecule has 0 saturated heterocycles. The Balaban J connectivity index is 2.64. The molecule has 20 heavy (non-hydrogen) atoms. The zero-order valence-corrected chi connectivity index (χ0v) is 12.4. The van der Waals surface area contributed by atoms with Crippen LogP contribution in [0.25, 0.3) is 0 Å². The van der Waals surface area contributed by atoms with Crippen LogP contribution >= 0.6 is 0 Å². The van der Waals surface area contributed by atoms with Crippen molar-refractivity contribution < 1.29 is 13.9 Å². The number of carbonyl (C=O) groups excluding carboxylic acids is 1. The second-order valence-corrected chi connectivity index (χ2v) is 5.36. The van der Waals surface area contributed by atoms with Crippen molar-refractivity contribution in [3.05, 3.63) is 29.6 Å². The molecule has 2 atom stereocenters. The molecular formula is C15H23FN2O2. The minimum absolute atomic E-state index is 0.0761. The molecule has 0 aliphatic heterocycles. The predicted octanol–water partition coefficient (Wildman–Crippen LogP) is 2.38. The maximum absolute atomic E-state index is 13.2. The molecule has 1 unspecified atom stereocenters. The van der Waals surface area contributed by atoms with Crippen molar-refractivity contribution in [3.63, 3.8) is 0 Å². The highest BCUT2D eigenvalue weighted by Gasteiger charge is 2.14. The summed E-state index contributed by atoms with van der Waals surface area (Å²) >= 11 is 0. The van der Waals surface area contributed by atoms with Gasteiger partial charge in [-0.3, -0.25) is 4.79 Å². The monoisotopic (exact) mass is 282 g/mol. The van der Waals surface area contributed by atoms with Crippen LogP contribution in [0.15, 0.2) is 18.2 Å². The van der Waals surface area contributed by atoms with E-state index in [9.17, 15) is 9.18 Å². The van der Waals surface area contributed by atoms with Gasteiger partial charge in [0.2, 0.25) is 0 Å². The number of rotatable bonds is 6. The third kappa shape index (κ3) is 4.81. The van der Waals surface area contributed by atoms with Crippen molar-refractivity contribution in [1.82, 2.24) is 5.32 Å². The normalized spacial score (nSPS) is 13.9. The molecule has 0 fully saturated rings. The lowest BCUT2D eigenvalue weighted by Gasteiger charge is -2.18. The quantitative estimate of drug-likeness (QED) is 0.842. The van der Waals surface area contributed by atoms with E-state index in [-0.39, 0.29) is 30.4 Å². The highest BCUT2D eigenvalue weighted by atomic mass is 19.1. The van der Waals surface area contributed by atoms with Gasteiger partial charge in [-0.05, 0) is 38.0 Å². The molecule has 1 amide bonds. The van der Waals surface area contributed by atoms with E-state index < -0.39 is 0 Å². The van der Waals surface area contributed by atoms with Gasteiger partial charge in [0.1, 0.15) is 11.6 Å². The number of hydrogen-bond acceptors (Lipinski definition) is 3. The lowest BCUT2D eigenvalue weighted by atomic mass is 10.1. The van der Waals surface area contributed by atoms with Crippen LogP contribution in [-0.2, 0) is 4.79 Å². The Morgan fingerprint density at radius 3 is 2.55 bits per heavy atom. The summed E-state index contributed by atoms with van der Waals surface area (Å²) in [4.78, 5) is 11.7. The van der Waals surface area contributed by atoms with E-state index >= 15 is 0 Å². The summed E-state index contributed by atoms with van der Waals surface area (Å²) in [6.07, 6.45) is 0. The van der Waals surface area contributed by atoms with Crippen LogP contribution in [0.3, 0.4) is 0 Å². The van der Waals surface area contributed by atoms with Gasteiger partial charge in [-0.1, -0.05) is 13.8 Å². The number of hydrogen-bond donors (Lipinski definition) is 2. The minimum Gasteiger partial charge on any atom is -0.483 e. The third-order valence-electron chi connectivity index (χ3n) is 3.21. The molecule has 3 N–H and O–H groups in total. The fraction of sp³-hybridized carbons (Fsp3) is 0.533. The van der Waals surface area contributed by atoms with E-state index in [0.29, 0.717) is 17.2 Å². The summed E-state index contributed by atoms with van der Waals surface area (Å²) in [6.45, 7) is 7.62. The smallest absolute Gasteiger partial charge is 0.258 e. The lowest BCUT2D eigenvalue weighted by Crippen LogP contribution is -2.39. The van der Waals surface area contributed by atoms with Gasteiger partial charge in [0.15, 0.2) is 6.61 Å². The minimum atomic E-state index is -0.373. The van der Waals surface area contributed by atoms with Gasteiger partial charge >= 0.3 is 0 Å². The molecule has 5 heteroatoms. The van der Waals surface area contributed by atoms with Gasteiger partial charge in [-0.15, -0.1) is 0 Å². The first kappa shape index (κ1) is 16.4. The van der Waals surface area contributed by atoms with Crippen LogP contribution in [0.2, 0.25) is 0 Å². The van der Waals surface area contributed by atoms with Gasteiger partial charge in [-0.25, -0.2) is 4.39 Å². The van der Waals surface area contributed by atoms with Crippen LogP contribution in [-0.4, -0.2) is 18.6 Å². The number of ether oxygens (including phenoxy) is 1. The van der Waals surface area contributed by atoms with Crippen LogP contribution in [0.5, 0.6) is 5.75 Å². The second-order valence-electron chi connectivity index (χ2n) is 5.36. The number of carbonyl (C=O) groups is 1. The van der Waals surface area contributed by atoms with E-state index in [1.807, 2.05) is 20.8 Å². The van der Waals surface area contributed by atoms with Crippen molar-refractivity contribution in [2.24, 2.45) is 11.7 Å². The fourth-order valence-electron chi connectivity index (χ4n) is 1.61. The molecule has 0 saturated carbocycles. The topological polar surface area (TPSA) is 64.3 Å². The Bertz CT molecular complexity index is 461. The SMILES string of the molecule is CC(C)C(C)NC(=O)COc1ccc(F)cc1[C@H](C)N. The fourth-order valence-corrected chi connectivity index (χ4v) is 1.61. The van der Waals surface area contributed by atoms with E-state index in [1.165, 1.54) is 18.2 Å².